The van der Waals surface area contributed by atoms with Gasteiger partial charge in [0.2, 0.25) is 0 Å². The van der Waals surface area contributed by atoms with E-state index < -0.39 is 0 Å². The van der Waals surface area contributed by atoms with Crippen LogP contribution in [0.25, 0.3) is 0 Å². The quantitative estimate of drug-likeness (QED) is 0.668. The van der Waals surface area contributed by atoms with E-state index in [1.807, 2.05) is 54.6 Å². The van der Waals surface area contributed by atoms with Crippen LogP contribution in [0.5, 0.6) is 5.75 Å². The first-order chi connectivity index (χ1) is 14.1. The number of hydrogen-bond donors (Lipinski definition) is 1. The SMILES string of the molecule is CNC(=O)c1ccc(CN(C)C(=O)c2cccc(OCc3ccccc3)c2)cc1. The van der Waals surface area contributed by atoms with Crippen LogP contribution in [0.2, 0.25) is 0 Å². The van der Waals surface area contributed by atoms with Crippen molar-refractivity contribution < 1.29 is 14.3 Å². The molecule has 0 bridgehead atoms. The van der Waals surface area contributed by atoms with Crippen molar-refractivity contribution in [1.82, 2.24) is 10.2 Å². The van der Waals surface area contributed by atoms with Crippen molar-refractivity contribution in [1.29, 1.82) is 0 Å². The Bertz CT molecular complexity index is 969. The van der Waals surface area contributed by atoms with E-state index in [-0.39, 0.29) is 11.8 Å². The third-order valence-corrected chi connectivity index (χ3v) is 4.54. The molecule has 2 amide bonds. The van der Waals surface area contributed by atoms with Gasteiger partial charge in [-0.2, -0.15) is 0 Å². The molecule has 0 aliphatic heterocycles. The van der Waals surface area contributed by atoms with Gasteiger partial charge < -0.3 is 15.0 Å². The minimum Gasteiger partial charge on any atom is -0.489 e. The summed E-state index contributed by atoms with van der Waals surface area (Å²) in [4.78, 5) is 26.1. The molecule has 0 fully saturated rings. The molecule has 0 aliphatic carbocycles. The van der Waals surface area contributed by atoms with Crippen LogP contribution < -0.4 is 10.1 Å². The van der Waals surface area contributed by atoms with Crippen molar-refractivity contribution in [3.63, 3.8) is 0 Å². The summed E-state index contributed by atoms with van der Waals surface area (Å²) >= 11 is 0. The fourth-order valence-electron chi connectivity index (χ4n) is 2.93. The molecule has 0 unspecified atom stereocenters. The molecule has 0 saturated carbocycles. The zero-order chi connectivity index (χ0) is 20.6. The number of ether oxygens (including phenoxy) is 1. The van der Waals surface area contributed by atoms with Crippen LogP contribution in [0.4, 0.5) is 0 Å². The summed E-state index contributed by atoms with van der Waals surface area (Å²) in [5.74, 6) is 0.432. The maximum atomic E-state index is 12.8. The third kappa shape index (κ3) is 5.45. The molecule has 0 aliphatic rings. The molecule has 3 rings (SSSR count). The molecular formula is C24H24N2O3. The Morgan fingerprint density at radius 1 is 0.862 bits per heavy atom. The molecule has 3 aromatic carbocycles. The highest BCUT2D eigenvalue weighted by molar-refractivity contribution is 5.95. The van der Waals surface area contributed by atoms with Crippen molar-refractivity contribution >= 4 is 11.8 Å². The van der Waals surface area contributed by atoms with Crippen molar-refractivity contribution in [2.75, 3.05) is 14.1 Å². The number of carbonyl (C=O) groups is 2. The second-order valence-electron chi connectivity index (χ2n) is 6.74. The maximum Gasteiger partial charge on any atom is 0.254 e. The smallest absolute Gasteiger partial charge is 0.254 e. The molecule has 0 heterocycles. The maximum absolute atomic E-state index is 12.8. The third-order valence-electron chi connectivity index (χ3n) is 4.54. The Morgan fingerprint density at radius 2 is 1.59 bits per heavy atom. The van der Waals surface area contributed by atoms with E-state index in [0.717, 1.165) is 11.1 Å². The van der Waals surface area contributed by atoms with Crippen molar-refractivity contribution in [3.05, 3.63) is 101 Å². The van der Waals surface area contributed by atoms with Gasteiger partial charge in [0.05, 0.1) is 0 Å². The van der Waals surface area contributed by atoms with Crippen LogP contribution in [-0.2, 0) is 13.2 Å². The lowest BCUT2D eigenvalue weighted by Gasteiger charge is -2.18. The van der Waals surface area contributed by atoms with Crippen LogP contribution in [0.15, 0.2) is 78.9 Å². The fourth-order valence-corrected chi connectivity index (χ4v) is 2.93. The van der Waals surface area contributed by atoms with E-state index in [1.165, 1.54) is 0 Å². The monoisotopic (exact) mass is 388 g/mol. The topological polar surface area (TPSA) is 58.6 Å². The lowest BCUT2D eigenvalue weighted by molar-refractivity contribution is 0.0784. The summed E-state index contributed by atoms with van der Waals surface area (Å²) in [6.07, 6.45) is 0. The van der Waals surface area contributed by atoms with Gasteiger partial charge in [0.25, 0.3) is 11.8 Å². The molecule has 5 heteroatoms. The van der Waals surface area contributed by atoms with Crippen LogP contribution >= 0.6 is 0 Å². The highest BCUT2D eigenvalue weighted by Crippen LogP contribution is 2.17. The Morgan fingerprint density at radius 3 is 2.28 bits per heavy atom. The van der Waals surface area contributed by atoms with Crippen molar-refractivity contribution in [2.45, 2.75) is 13.2 Å². The second kappa shape index (κ2) is 9.55. The van der Waals surface area contributed by atoms with Gasteiger partial charge >= 0.3 is 0 Å². The Labute approximate surface area is 170 Å². The molecular weight excluding hydrogens is 364 g/mol. The molecule has 0 radical (unpaired) electrons. The van der Waals surface area contributed by atoms with E-state index in [2.05, 4.69) is 5.32 Å². The van der Waals surface area contributed by atoms with E-state index in [0.29, 0.717) is 30.0 Å². The van der Waals surface area contributed by atoms with Crippen molar-refractivity contribution in [3.8, 4) is 5.75 Å². The molecule has 5 nitrogen and oxygen atoms in total. The Balaban J connectivity index is 1.62. The highest BCUT2D eigenvalue weighted by atomic mass is 16.5. The second-order valence-corrected chi connectivity index (χ2v) is 6.74. The molecule has 1 N–H and O–H groups in total. The average molecular weight is 388 g/mol. The fraction of sp³-hybridized carbons (Fsp3) is 0.167. The number of amides is 2. The number of carbonyl (C=O) groups excluding carboxylic acids is 2. The minimum atomic E-state index is -0.131. The van der Waals surface area contributed by atoms with Gasteiger partial charge in [-0.3, -0.25) is 9.59 Å². The van der Waals surface area contributed by atoms with E-state index in [1.54, 1.807) is 43.3 Å². The van der Waals surface area contributed by atoms with Crippen molar-refractivity contribution in [2.24, 2.45) is 0 Å². The van der Waals surface area contributed by atoms with Gasteiger partial charge in [-0.05, 0) is 41.5 Å². The first kappa shape index (κ1) is 20.1. The first-order valence-electron chi connectivity index (χ1n) is 9.40. The van der Waals surface area contributed by atoms with Gasteiger partial charge in [0, 0.05) is 31.8 Å². The average Bonchev–Trinajstić information content (AvgIpc) is 2.78. The molecule has 0 atom stereocenters. The van der Waals surface area contributed by atoms with Crippen LogP contribution in [0.1, 0.15) is 31.8 Å². The van der Waals surface area contributed by atoms with E-state index in [4.69, 9.17) is 4.74 Å². The number of nitrogens with one attached hydrogen (secondary N) is 1. The number of nitrogens with zero attached hydrogens (tertiary/aromatic N) is 1. The van der Waals surface area contributed by atoms with Gasteiger partial charge in [-0.25, -0.2) is 0 Å². The molecule has 3 aromatic rings. The zero-order valence-electron chi connectivity index (χ0n) is 16.6. The molecule has 148 valence electrons. The van der Waals surface area contributed by atoms with E-state index in [9.17, 15) is 9.59 Å². The lowest BCUT2D eigenvalue weighted by atomic mass is 10.1. The van der Waals surface area contributed by atoms with Crippen LogP contribution in [0.3, 0.4) is 0 Å². The Hall–Kier alpha value is -3.60. The largest absolute Gasteiger partial charge is 0.489 e. The summed E-state index contributed by atoms with van der Waals surface area (Å²) < 4.78 is 5.82. The standard InChI is InChI=1S/C24H24N2O3/c1-25-23(27)20-13-11-18(12-14-20)16-26(2)24(28)21-9-6-10-22(15-21)29-17-19-7-4-3-5-8-19/h3-15H,16-17H2,1-2H3,(H,25,27). The minimum absolute atomic E-state index is 0.0921. The van der Waals surface area contributed by atoms with Gasteiger partial charge in [0.15, 0.2) is 0 Å². The summed E-state index contributed by atoms with van der Waals surface area (Å²) in [5, 5.41) is 2.59. The van der Waals surface area contributed by atoms with Gasteiger partial charge in [-0.15, -0.1) is 0 Å². The number of hydrogen-bond acceptors (Lipinski definition) is 3. The molecule has 29 heavy (non-hydrogen) atoms. The summed E-state index contributed by atoms with van der Waals surface area (Å²) in [6, 6.07) is 24.3. The normalized spacial score (nSPS) is 10.3. The first-order valence-corrected chi connectivity index (χ1v) is 9.40. The number of rotatable bonds is 7. The van der Waals surface area contributed by atoms with Gasteiger partial charge in [0.1, 0.15) is 12.4 Å². The molecule has 0 spiro atoms. The lowest BCUT2D eigenvalue weighted by Crippen LogP contribution is -2.26. The van der Waals surface area contributed by atoms with E-state index >= 15 is 0 Å². The van der Waals surface area contributed by atoms with Gasteiger partial charge in [-0.1, -0.05) is 48.5 Å². The molecule has 0 saturated heterocycles. The number of benzene rings is 3. The van der Waals surface area contributed by atoms with Crippen LogP contribution in [-0.4, -0.2) is 30.8 Å². The Kier molecular flexibility index (Phi) is 6.63. The molecule has 0 aromatic heterocycles. The summed E-state index contributed by atoms with van der Waals surface area (Å²) in [6.45, 7) is 0.897. The predicted molar refractivity (Wildman–Crippen MR) is 113 cm³/mol. The van der Waals surface area contributed by atoms with Crippen LogP contribution in [0, 0.1) is 0 Å². The summed E-state index contributed by atoms with van der Waals surface area (Å²) in [7, 11) is 3.35. The predicted octanol–water partition coefficient (Wildman–Crippen LogP) is 3.90. The highest BCUT2D eigenvalue weighted by Gasteiger charge is 2.13. The summed E-state index contributed by atoms with van der Waals surface area (Å²) in [5.41, 5.74) is 3.18. The zero-order valence-corrected chi connectivity index (χ0v) is 16.6.